The van der Waals surface area contributed by atoms with Crippen molar-refractivity contribution in [1.82, 2.24) is 0 Å². The van der Waals surface area contributed by atoms with E-state index in [4.69, 9.17) is 0 Å². The fourth-order valence-electron chi connectivity index (χ4n) is 1.10. The van der Waals surface area contributed by atoms with Gasteiger partial charge in [0.05, 0.1) is 11.6 Å². The number of carbonyl (C=O) groups excluding carboxylic acids is 1. The molecule has 0 fully saturated rings. The van der Waals surface area contributed by atoms with Crippen LogP contribution in [0.2, 0.25) is 0 Å². The number of carbonyl (C=O) groups is 1. The molecule has 0 radical (unpaired) electrons. The Morgan fingerprint density at radius 3 is 2.25 bits per heavy atom. The molecule has 0 aliphatic rings. The molecule has 0 aliphatic carbocycles. The van der Waals surface area contributed by atoms with Gasteiger partial charge >= 0.3 is 12.1 Å². The lowest BCUT2D eigenvalue weighted by Gasteiger charge is -2.06. The van der Waals surface area contributed by atoms with Crippen molar-refractivity contribution in [3.63, 3.8) is 0 Å². The molecule has 0 aliphatic heterocycles. The van der Waals surface area contributed by atoms with Gasteiger partial charge in [0, 0.05) is 6.07 Å². The number of hydrogen-bond donors (Lipinski definition) is 1. The maximum atomic E-state index is 13.2. The summed E-state index contributed by atoms with van der Waals surface area (Å²) >= 11 is 0. The van der Waals surface area contributed by atoms with Crippen LogP contribution in [0.15, 0.2) is 18.2 Å². The van der Waals surface area contributed by atoms with E-state index in [1.807, 2.05) is 0 Å². The van der Waals surface area contributed by atoms with E-state index in [-0.39, 0.29) is 18.2 Å². The van der Waals surface area contributed by atoms with E-state index in [1.54, 1.807) is 0 Å². The van der Waals surface area contributed by atoms with Crippen molar-refractivity contribution in [3.05, 3.63) is 41.2 Å². The molecule has 0 amide bonds. The molecule has 0 aromatic heterocycles. The number of benzene rings is 1. The highest BCUT2D eigenvalue weighted by Crippen LogP contribution is 2.20. The second kappa shape index (κ2) is 5.85. The molecule has 0 saturated carbocycles. The lowest BCUT2D eigenvalue weighted by Crippen LogP contribution is -2.19. The van der Waals surface area contributed by atoms with Gasteiger partial charge in [-0.15, -0.1) is 0 Å². The van der Waals surface area contributed by atoms with Crippen LogP contribution in [0, 0.1) is 17.5 Å². The van der Waals surface area contributed by atoms with Crippen molar-refractivity contribution in [3.8, 4) is 0 Å². The average molecular weight is 300 g/mol. The van der Waals surface area contributed by atoms with Crippen molar-refractivity contribution in [2.75, 3.05) is 6.61 Å². The second-order valence-corrected chi connectivity index (χ2v) is 3.50. The van der Waals surface area contributed by atoms with Gasteiger partial charge in [-0.25, -0.2) is 18.0 Å². The summed E-state index contributed by atoms with van der Waals surface area (Å²) < 4.78 is 77.5. The van der Waals surface area contributed by atoms with Crippen molar-refractivity contribution < 1.29 is 41.0 Å². The first-order valence-corrected chi connectivity index (χ1v) is 4.89. The minimum absolute atomic E-state index is 0.107. The van der Waals surface area contributed by atoms with E-state index in [2.05, 4.69) is 4.74 Å². The number of rotatable bonds is 3. The van der Waals surface area contributed by atoms with Crippen LogP contribution in [0.1, 0.15) is 5.56 Å². The summed E-state index contributed by atoms with van der Waals surface area (Å²) in [4.78, 5) is 10.9. The van der Waals surface area contributed by atoms with E-state index >= 15 is 0 Å². The Balaban J connectivity index is 2.89. The number of aliphatic hydroxyl groups excluding tert-OH is 1. The summed E-state index contributed by atoms with van der Waals surface area (Å²) in [5, 5.41) is 9.27. The third-order valence-corrected chi connectivity index (χ3v) is 1.92. The van der Waals surface area contributed by atoms with Crippen LogP contribution in [0.25, 0.3) is 5.76 Å². The Morgan fingerprint density at radius 1 is 1.15 bits per heavy atom. The molecule has 0 heterocycles. The number of hydrogen-bond acceptors (Lipinski definition) is 3. The molecule has 3 nitrogen and oxygen atoms in total. The predicted molar refractivity (Wildman–Crippen MR) is 53.9 cm³/mol. The summed E-state index contributed by atoms with van der Waals surface area (Å²) in [7, 11) is 0. The molecule has 1 aromatic carbocycles. The zero-order chi connectivity index (χ0) is 15.5. The SMILES string of the molecule is O=C(/C=C(\O)c1cc(F)c(F)cc1F)OCC(F)(F)F. The van der Waals surface area contributed by atoms with Crippen LogP contribution in [0.5, 0.6) is 0 Å². The molecular formula is C11H6F6O3. The van der Waals surface area contributed by atoms with Crippen molar-refractivity contribution in [2.24, 2.45) is 0 Å². The van der Waals surface area contributed by atoms with Gasteiger partial charge in [0.2, 0.25) is 0 Å². The minimum atomic E-state index is -4.77. The number of ether oxygens (including phenoxy) is 1. The Morgan fingerprint density at radius 2 is 1.70 bits per heavy atom. The van der Waals surface area contributed by atoms with Gasteiger partial charge in [-0.3, -0.25) is 0 Å². The van der Waals surface area contributed by atoms with E-state index in [0.717, 1.165) is 0 Å². The van der Waals surface area contributed by atoms with E-state index in [0.29, 0.717) is 0 Å². The molecule has 1 aromatic rings. The molecule has 0 atom stereocenters. The van der Waals surface area contributed by atoms with E-state index in [9.17, 15) is 36.2 Å². The Bertz CT molecular complexity index is 550. The van der Waals surface area contributed by atoms with Gasteiger partial charge < -0.3 is 9.84 Å². The fourth-order valence-corrected chi connectivity index (χ4v) is 1.10. The van der Waals surface area contributed by atoms with Crippen molar-refractivity contribution >= 4 is 11.7 Å². The third kappa shape index (κ3) is 4.48. The summed E-state index contributed by atoms with van der Waals surface area (Å²) in [6, 6.07) is 0.351. The zero-order valence-electron chi connectivity index (χ0n) is 9.47. The van der Waals surface area contributed by atoms with Crippen LogP contribution in [-0.2, 0) is 9.53 Å². The van der Waals surface area contributed by atoms with Gasteiger partial charge in [-0.1, -0.05) is 0 Å². The Hall–Kier alpha value is -2.19. The summed E-state index contributed by atoms with van der Waals surface area (Å²) in [6.45, 7) is -1.91. The number of halogens is 6. The lowest BCUT2D eigenvalue weighted by atomic mass is 10.1. The van der Waals surface area contributed by atoms with Gasteiger partial charge in [0.1, 0.15) is 11.6 Å². The highest BCUT2D eigenvalue weighted by molar-refractivity contribution is 5.89. The van der Waals surface area contributed by atoms with Crippen LogP contribution >= 0.6 is 0 Å². The third-order valence-electron chi connectivity index (χ3n) is 1.92. The van der Waals surface area contributed by atoms with Gasteiger partial charge in [-0.2, -0.15) is 13.2 Å². The monoisotopic (exact) mass is 300 g/mol. The van der Waals surface area contributed by atoms with Crippen LogP contribution in [0.4, 0.5) is 26.3 Å². The van der Waals surface area contributed by atoms with Crippen LogP contribution in [-0.4, -0.2) is 23.9 Å². The first-order valence-electron chi connectivity index (χ1n) is 4.89. The van der Waals surface area contributed by atoms with Gasteiger partial charge in [-0.05, 0) is 6.07 Å². The summed E-state index contributed by atoms with van der Waals surface area (Å²) in [6.07, 6.45) is -4.66. The van der Waals surface area contributed by atoms with Crippen molar-refractivity contribution in [2.45, 2.75) is 6.18 Å². The zero-order valence-corrected chi connectivity index (χ0v) is 9.47. The first-order chi connectivity index (χ1) is 9.10. The lowest BCUT2D eigenvalue weighted by molar-refractivity contribution is -0.182. The maximum absolute atomic E-state index is 13.2. The summed E-state index contributed by atoms with van der Waals surface area (Å²) in [5.74, 6) is -7.26. The molecular weight excluding hydrogens is 294 g/mol. The largest absolute Gasteiger partial charge is 0.507 e. The first kappa shape index (κ1) is 15.9. The Labute approximate surface area is 108 Å². The van der Waals surface area contributed by atoms with Gasteiger partial charge in [0.25, 0.3) is 0 Å². The molecule has 9 heteroatoms. The molecule has 1 N–H and O–H groups in total. The maximum Gasteiger partial charge on any atom is 0.422 e. The average Bonchev–Trinajstić information content (AvgIpc) is 2.30. The molecule has 0 unspecified atom stereocenters. The molecule has 0 saturated heterocycles. The van der Waals surface area contributed by atoms with E-state index < -0.39 is 47.5 Å². The quantitative estimate of drug-likeness (QED) is 0.307. The standard InChI is InChI=1S/C11H6F6O3/c12-6-2-8(14)7(13)1-5(6)9(18)3-10(19)20-4-11(15,16)17/h1-3,18H,4H2/b9-3-. The van der Waals surface area contributed by atoms with Crippen LogP contribution in [0.3, 0.4) is 0 Å². The molecule has 0 bridgehead atoms. The number of alkyl halides is 3. The van der Waals surface area contributed by atoms with Crippen LogP contribution < -0.4 is 0 Å². The second-order valence-electron chi connectivity index (χ2n) is 3.50. The predicted octanol–water partition coefficient (Wildman–Crippen LogP) is 3.11. The van der Waals surface area contributed by atoms with Crippen molar-refractivity contribution in [1.29, 1.82) is 0 Å². The highest BCUT2D eigenvalue weighted by atomic mass is 19.4. The summed E-state index contributed by atoms with van der Waals surface area (Å²) in [5.41, 5.74) is -0.896. The van der Waals surface area contributed by atoms with E-state index in [1.165, 1.54) is 0 Å². The van der Waals surface area contributed by atoms with Gasteiger partial charge in [0.15, 0.2) is 18.2 Å². The molecule has 110 valence electrons. The Kier molecular flexibility index (Phi) is 4.64. The normalized spacial score (nSPS) is 12.4. The topological polar surface area (TPSA) is 46.5 Å². The molecule has 20 heavy (non-hydrogen) atoms. The molecule has 0 spiro atoms. The fraction of sp³-hybridized carbons (Fsp3) is 0.182. The highest BCUT2D eigenvalue weighted by Gasteiger charge is 2.29. The minimum Gasteiger partial charge on any atom is -0.507 e. The number of esters is 1. The molecule has 1 rings (SSSR count). The smallest absolute Gasteiger partial charge is 0.422 e. The number of aliphatic hydroxyl groups is 1.